The number of imidazole rings is 1. The van der Waals surface area contributed by atoms with E-state index in [-0.39, 0.29) is 5.69 Å². The van der Waals surface area contributed by atoms with E-state index in [2.05, 4.69) is 25.8 Å². The summed E-state index contributed by atoms with van der Waals surface area (Å²) in [5, 5.41) is 11.0. The van der Waals surface area contributed by atoms with Gasteiger partial charge in [0.25, 0.3) is 0 Å². The molecule has 1 aromatic heterocycles. The summed E-state index contributed by atoms with van der Waals surface area (Å²) in [5.74, 6) is 0. The number of rotatable bonds is 5. The fourth-order valence-electron chi connectivity index (χ4n) is 3.98. The summed E-state index contributed by atoms with van der Waals surface area (Å²) >= 11 is 3.45. The van der Waals surface area contributed by atoms with Gasteiger partial charge in [-0.25, -0.2) is 4.79 Å². The number of aryl methyl sites for hydroxylation is 1. The van der Waals surface area contributed by atoms with Crippen LogP contribution in [0.3, 0.4) is 0 Å². The van der Waals surface area contributed by atoms with E-state index in [1.54, 1.807) is 0 Å². The molecule has 3 aromatic rings. The summed E-state index contributed by atoms with van der Waals surface area (Å²) in [6.45, 7) is 3.38. The molecule has 0 spiro atoms. The number of hydrogen-bond donors (Lipinski definition) is 2. The summed E-state index contributed by atoms with van der Waals surface area (Å²) in [6, 6.07) is 15.8. The van der Waals surface area contributed by atoms with Gasteiger partial charge >= 0.3 is 5.69 Å². The highest BCUT2D eigenvalue weighted by molar-refractivity contribution is 9.10. The molecular weight excluding hydrogens is 406 g/mol. The number of fused-ring (bicyclic) bond motifs is 1. The van der Waals surface area contributed by atoms with Crippen LogP contribution in [0.4, 0.5) is 0 Å². The van der Waals surface area contributed by atoms with E-state index in [1.165, 1.54) is 0 Å². The molecule has 1 aliphatic heterocycles. The molecule has 0 amide bonds. The molecule has 0 unspecified atom stereocenters. The van der Waals surface area contributed by atoms with Gasteiger partial charge in [-0.05, 0) is 55.6 Å². The first-order valence-electron chi connectivity index (χ1n) is 9.43. The second kappa shape index (κ2) is 7.62. The quantitative estimate of drug-likeness (QED) is 0.652. The largest absolute Gasteiger partial charge is 0.385 e. The third kappa shape index (κ3) is 3.88. The van der Waals surface area contributed by atoms with E-state index in [4.69, 9.17) is 0 Å². The number of halogens is 1. The van der Waals surface area contributed by atoms with Gasteiger partial charge < -0.3 is 15.0 Å². The predicted molar refractivity (Wildman–Crippen MR) is 111 cm³/mol. The zero-order valence-electron chi connectivity index (χ0n) is 15.2. The first kappa shape index (κ1) is 18.5. The van der Waals surface area contributed by atoms with Crippen molar-refractivity contribution < 1.29 is 5.11 Å². The van der Waals surface area contributed by atoms with Gasteiger partial charge in [0.2, 0.25) is 0 Å². The zero-order valence-corrected chi connectivity index (χ0v) is 16.8. The molecule has 27 heavy (non-hydrogen) atoms. The van der Waals surface area contributed by atoms with Crippen LogP contribution in [0.2, 0.25) is 0 Å². The number of aliphatic hydroxyl groups is 1. The Morgan fingerprint density at radius 3 is 2.48 bits per heavy atom. The minimum Gasteiger partial charge on any atom is -0.385 e. The summed E-state index contributed by atoms with van der Waals surface area (Å²) in [5.41, 5.74) is 2.08. The van der Waals surface area contributed by atoms with Gasteiger partial charge in [-0.1, -0.05) is 40.2 Å². The van der Waals surface area contributed by atoms with Crippen LogP contribution in [-0.2, 0) is 12.1 Å². The highest BCUT2D eigenvalue weighted by Crippen LogP contribution is 2.33. The lowest BCUT2D eigenvalue weighted by molar-refractivity contribution is -0.0261. The Bertz CT molecular complexity index is 969. The summed E-state index contributed by atoms with van der Waals surface area (Å²) < 4.78 is 2.84. The van der Waals surface area contributed by atoms with E-state index in [1.807, 2.05) is 53.1 Å². The molecule has 5 nitrogen and oxygen atoms in total. The molecule has 0 saturated carbocycles. The molecule has 6 heteroatoms. The van der Waals surface area contributed by atoms with Crippen molar-refractivity contribution in [2.75, 3.05) is 19.6 Å². The molecule has 0 atom stereocenters. The van der Waals surface area contributed by atoms with Gasteiger partial charge in [-0.2, -0.15) is 0 Å². The minimum atomic E-state index is -0.731. The Balaban J connectivity index is 1.32. The van der Waals surface area contributed by atoms with Gasteiger partial charge in [-0.15, -0.1) is 0 Å². The molecule has 142 valence electrons. The number of piperidine rings is 1. The van der Waals surface area contributed by atoms with Crippen molar-refractivity contribution in [3.8, 4) is 0 Å². The minimum absolute atomic E-state index is 0.0422. The van der Waals surface area contributed by atoms with Crippen molar-refractivity contribution in [3.05, 3.63) is 69.1 Å². The molecule has 0 bridgehead atoms. The first-order valence-corrected chi connectivity index (χ1v) is 10.2. The maximum absolute atomic E-state index is 12.1. The van der Waals surface area contributed by atoms with Gasteiger partial charge in [0, 0.05) is 24.1 Å². The van der Waals surface area contributed by atoms with Gasteiger partial charge in [0.05, 0.1) is 16.6 Å². The van der Waals surface area contributed by atoms with E-state index in [0.29, 0.717) is 6.54 Å². The highest BCUT2D eigenvalue weighted by Gasteiger charge is 2.33. The standard InChI is InChI=1S/C21H24BrN3O2/c22-17-8-6-16(7-9-17)21(27)10-14-24(15-11-21)12-3-13-25-19-5-2-1-4-18(19)23-20(25)26/h1-2,4-9,27H,3,10-15H2,(H,23,26). The van der Waals surface area contributed by atoms with Crippen molar-refractivity contribution in [3.63, 3.8) is 0 Å². The molecule has 2 heterocycles. The van der Waals surface area contributed by atoms with Crippen LogP contribution in [-0.4, -0.2) is 39.2 Å². The molecule has 1 saturated heterocycles. The highest BCUT2D eigenvalue weighted by atomic mass is 79.9. The fourth-order valence-corrected chi connectivity index (χ4v) is 4.24. The smallest absolute Gasteiger partial charge is 0.326 e. The topological polar surface area (TPSA) is 61.3 Å². The monoisotopic (exact) mass is 429 g/mol. The van der Waals surface area contributed by atoms with Gasteiger partial charge in [-0.3, -0.25) is 4.57 Å². The van der Waals surface area contributed by atoms with Crippen molar-refractivity contribution in [1.29, 1.82) is 0 Å². The third-order valence-corrected chi connectivity index (χ3v) is 6.13. The number of nitrogens with one attached hydrogen (secondary N) is 1. The van der Waals surface area contributed by atoms with Crippen LogP contribution >= 0.6 is 15.9 Å². The summed E-state index contributed by atoms with van der Waals surface area (Å²) in [4.78, 5) is 17.4. The lowest BCUT2D eigenvalue weighted by Gasteiger charge is -2.38. The normalized spacial score (nSPS) is 17.4. The van der Waals surface area contributed by atoms with Crippen molar-refractivity contribution in [1.82, 2.24) is 14.5 Å². The molecule has 4 rings (SSSR count). The lowest BCUT2D eigenvalue weighted by atomic mass is 9.84. The Labute approximate surface area is 166 Å². The van der Waals surface area contributed by atoms with Crippen LogP contribution in [0.5, 0.6) is 0 Å². The van der Waals surface area contributed by atoms with E-state index in [9.17, 15) is 9.90 Å². The van der Waals surface area contributed by atoms with Crippen molar-refractivity contribution in [2.24, 2.45) is 0 Å². The van der Waals surface area contributed by atoms with Crippen LogP contribution in [0.1, 0.15) is 24.8 Å². The number of benzene rings is 2. The molecule has 1 fully saturated rings. The SMILES string of the molecule is O=c1[nH]c2ccccc2n1CCCN1CCC(O)(c2ccc(Br)cc2)CC1. The summed E-state index contributed by atoms with van der Waals surface area (Å²) in [6.07, 6.45) is 2.39. The number of H-pyrrole nitrogens is 1. The molecule has 2 aromatic carbocycles. The van der Waals surface area contributed by atoms with Crippen LogP contribution in [0.15, 0.2) is 57.8 Å². The molecule has 2 N–H and O–H groups in total. The van der Waals surface area contributed by atoms with Crippen LogP contribution in [0.25, 0.3) is 11.0 Å². The molecule has 1 aliphatic rings. The number of para-hydroxylation sites is 2. The molecule has 0 aliphatic carbocycles. The Morgan fingerprint density at radius 2 is 1.74 bits per heavy atom. The van der Waals surface area contributed by atoms with Crippen molar-refractivity contribution >= 4 is 27.0 Å². The number of likely N-dealkylation sites (tertiary alicyclic amines) is 1. The maximum atomic E-state index is 12.1. The Morgan fingerprint density at radius 1 is 1.04 bits per heavy atom. The number of aromatic amines is 1. The number of aromatic nitrogens is 2. The lowest BCUT2D eigenvalue weighted by Crippen LogP contribution is -2.43. The van der Waals surface area contributed by atoms with Crippen LogP contribution in [0, 0.1) is 0 Å². The van der Waals surface area contributed by atoms with E-state index < -0.39 is 5.60 Å². The molecular formula is C21H24BrN3O2. The van der Waals surface area contributed by atoms with Crippen LogP contribution < -0.4 is 5.69 Å². The molecule has 0 radical (unpaired) electrons. The first-order chi connectivity index (χ1) is 13.0. The number of nitrogens with zero attached hydrogens (tertiary/aromatic N) is 2. The zero-order chi connectivity index (χ0) is 18.9. The van der Waals surface area contributed by atoms with E-state index >= 15 is 0 Å². The number of hydrogen-bond acceptors (Lipinski definition) is 3. The maximum Gasteiger partial charge on any atom is 0.326 e. The third-order valence-electron chi connectivity index (χ3n) is 5.60. The second-order valence-corrected chi connectivity index (χ2v) is 8.25. The summed E-state index contributed by atoms with van der Waals surface area (Å²) in [7, 11) is 0. The Kier molecular flexibility index (Phi) is 5.21. The van der Waals surface area contributed by atoms with Gasteiger partial charge in [0.15, 0.2) is 0 Å². The average molecular weight is 430 g/mol. The van der Waals surface area contributed by atoms with Crippen molar-refractivity contribution in [2.45, 2.75) is 31.4 Å². The predicted octanol–water partition coefficient (Wildman–Crippen LogP) is 3.47. The van der Waals surface area contributed by atoms with E-state index in [0.717, 1.165) is 60.0 Å². The Hall–Kier alpha value is -1.89. The second-order valence-electron chi connectivity index (χ2n) is 7.33. The average Bonchev–Trinajstić information content (AvgIpc) is 2.99. The van der Waals surface area contributed by atoms with Gasteiger partial charge in [0.1, 0.15) is 0 Å². The fraction of sp³-hybridized carbons (Fsp3) is 0.381.